The Morgan fingerprint density at radius 3 is 2.11 bits per heavy atom. The molecule has 0 heterocycles. The van der Waals surface area contributed by atoms with Gasteiger partial charge in [-0.05, 0) is 43.0 Å². The van der Waals surface area contributed by atoms with Crippen LogP contribution in [0.25, 0.3) is 0 Å². The van der Waals surface area contributed by atoms with Crippen molar-refractivity contribution in [2.75, 3.05) is 0 Å². The summed E-state index contributed by atoms with van der Waals surface area (Å²) < 4.78 is 6.04. The van der Waals surface area contributed by atoms with Gasteiger partial charge in [-0.1, -0.05) is 85.3 Å². The van der Waals surface area contributed by atoms with Crippen LogP contribution in [0.15, 0.2) is 78.9 Å². The van der Waals surface area contributed by atoms with Crippen molar-refractivity contribution in [1.29, 1.82) is 0 Å². The summed E-state index contributed by atoms with van der Waals surface area (Å²) in [5, 5.41) is 3.20. The second kappa shape index (κ2) is 9.23. The highest BCUT2D eigenvalue weighted by atomic mass is 16.5. The average molecular weight is 373 g/mol. The van der Waals surface area contributed by atoms with Gasteiger partial charge in [0.05, 0.1) is 6.04 Å². The Hall–Kier alpha value is -3.07. The number of rotatable bonds is 7. The number of nitrogens with one attached hydrogen (secondary N) is 1. The van der Waals surface area contributed by atoms with Crippen molar-refractivity contribution in [3.05, 3.63) is 101 Å². The molecule has 0 bridgehead atoms. The quantitative estimate of drug-likeness (QED) is 0.605. The molecule has 0 radical (unpaired) electrons. The number of hydrogen-bond acceptors (Lipinski definition) is 2. The number of carbonyl (C=O) groups excluding carboxylic acids is 1. The van der Waals surface area contributed by atoms with Gasteiger partial charge < -0.3 is 10.1 Å². The Balaban J connectivity index is 1.83. The van der Waals surface area contributed by atoms with Gasteiger partial charge in [0.1, 0.15) is 5.75 Å². The van der Waals surface area contributed by atoms with E-state index in [-0.39, 0.29) is 11.9 Å². The molecule has 3 aromatic rings. The first-order chi connectivity index (χ1) is 13.6. The van der Waals surface area contributed by atoms with Crippen LogP contribution in [-0.2, 0) is 4.79 Å². The first kappa shape index (κ1) is 19.7. The maximum Gasteiger partial charge on any atom is 0.261 e. The van der Waals surface area contributed by atoms with E-state index in [1.165, 1.54) is 5.56 Å². The molecule has 28 heavy (non-hydrogen) atoms. The molecule has 0 aromatic heterocycles. The van der Waals surface area contributed by atoms with E-state index in [0.717, 1.165) is 22.4 Å². The van der Waals surface area contributed by atoms with Gasteiger partial charge in [-0.25, -0.2) is 0 Å². The summed E-state index contributed by atoms with van der Waals surface area (Å²) in [6.45, 7) is 6.01. The zero-order chi connectivity index (χ0) is 19.9. The Morgan fingerprint density at radius 1 is 0.857 bits per heavy atom. The third-order valence-electron chi connectivity index (χ3n) is 4.86. The van der Waals surface area contributed by atoms with Crippen LogP contribution in [0.1, 0.15) is 41.6 Å². The van der Waals surface area contributed by atoms with E-state index in [9.17, 15) is 4.79 Å². The summed E-state index contributed by atoms with van der Waals surface area (Å²) in [4.78, 5) is 13.1. The number of hydrogen-bond donors (Lipinski definition) is 1. The maximum absolute atomic E-state index is 13.1. The van der Waals surface area contributed by atoms with Gasteiger partial charge in [0.15, 0.2) is 6.10 Å². The topological polar surface area (TPSA) is 38.3 Å². The summed E-state index contributed by atoms with van der Waals surface area (Å²) in [6, 6.07) is 25.9. The molecule has 0 aliphatic heterocycles. The summed E-state index contributed by atoms with van der Waals surface area (Å²) in [5.41, 5.74) is 4.31. The van der Waals surface area contributed by atoms with E-state index in [1.807, 2.05) is 68.4 Å². The van der Waals surface area contributed by atoms with Gasteiger partial charge >= 0.3 is 0 Å². The fourth-order valence-corrected chi connectivity index (χ4v) is 3.16. The summed E-state index contributed by atoms with van der Waals surface area (Å²) >= 11 is 0. The van der Waals surface area contributed by atoms with Gasteiger partial charge in [-0.2, -0.15) is 0 Å². The molecule has 3 aromatic carbocycles. The molecule has 0 saturated carbocycles. The number of carbonyl (C=O) groups is 1. The highest BCUT2D eigenvalue weighted by Gasteiger charge is 2.24. The smallest absolute Gasteiger partial charge is 0.261 e. The van der Waals surface area contributed by atoms with Crippen LogP contribution >= 0.6 is 0 Å². The van der Waals surface area contributed by atoms with E-state index < -0.39 is 6.10 Å². The molecule has 0 spiro atoms. The van der Waals surface area contributed by atoms with Gasteiger partial charge in [0, 0.05) is 0 Å². The van der Waals surface area contributed by atoms with Crippen molar-refractivity contribution in [2.45, 2.75) is 39.3 Å². The predicted molar refractivity (Wildman–Crippen MR) is 113 cm³/mol. The van der Waals surface area contributed by atoms with Crippen molar-refractivity contribution >= 4 is 5.91 Å². The number of amides is 1. The molecular weight excluding hydrogens is 346 g/mol. The normalized spacial score (nSPS) is 12.8. The van der Waals surface area contributed by atoms with E-state index in [4.69, 9.17) is 4.74 Å². The molecule has 2 unspecified atom stereocenters. The van der Waals surface area contributed by atoms with Gasteiger partial charge in [-0.3, -0.25) is 4.79 Å². The molecule has 0 fully saturated rings. The number of benzene rings is 3. The first-order valence-electron chi connectivity index (χ1n) is 9.72. The Bertz CT molecular complexity index is 903. The van der Waals surface area contributed by atoms with Crippen molar-refractivity contribution < 1.29 is 9.53 Å². The predicted octanol–water partition coefficient (Wildman–Crippen LogP) is 5.37. The van der Waals surface area contributed by atoms with Gasteiger partial charge in [-0.15, -0.1) is 0 Å². The van der Waals surface area contributed by atoms with Crippen molar-refractivity contribution in [3.8, 4) is 5.75 Å². The van der Waals surface area contributed by atoms with E-state index in [1.54, 1.807) is 0 Å². The zero-order valence-corrected chi connectivity index (χ0v) is 16.7. The molecule has 3 nitrogen and oxygen atoms in total. The lowest BCUT2D eigenvalue weighted by molar-refractivity contribution is -0.128. The summed E-state index contributed by atoms with van der Waals surface area (Å²) in [6.07, 6.45) is 0.0491. The van der Waals surface area contributed by atoms with Crippen LogP contribution in [-0.4, -0.2) is 12.0 Å². The van der Waals surface area contributed by atoms with Crippen molar-refractivity contribution in [1.82, 2.24) is 5.32 Å². The highest BCUT2D eigenvalue weighted by molar-refractivity contribution is 5.82. The molecule has 2 atom stereocenters. The lowest BCUT2D eigenvalue weighted by Crippen LogP contribution is -2.40. The van der Waals surface area contributed by atoms with Crippen molar-refractivity contribution in [3.63, 3.8) is 0 Å². The molecule has 3 heteroatoms. The van der Waals surface area contributed by atoms with Crippen LogP contribution in [0, 0.1) is 13.8 Å². The molecule has 1 N–H and O–H groups in total. The van der Waals surface area contributed by atoms with Crippen LogP contribution in [0.2, 0.25) is 0 Å². The van der Waals surface area contributed by atoms with E-state index in [0.29, 0.717) is 6.42 Å². The minimum absolute atomic E-state index is 0.111. The van der Waals surface area contributed by atoms with Crippen LogP contribution in [0.4, 0.5) is 0 Å². The first-order valence-corrected chi connectivity index (χ1v) is 9.72. The van der Waals surface area contributed by atoms with Gasteiger partial charge in [0.2, 0.25) is 0 Å². The third-order valence-corrected chi connectivity index (χ3v) is 4.86. The minimum atomic E-state index is -0.544. The molecule has 144 valence electrons. The molecule has 0 aliphatic carbocycles. The number of aryl methyl sites for hydroxylation is 2. The monoisotopic (exact) mass is 373 g/mol. The SMILES string of the molecule is CCC(Oc1ccccc1C)C(=O)NC(c1ccccc1)c1ccc(C)cc1. The summed E-state index contributed by atoms with van der Waals surface area (Å²) in [5.74, 6) is 0.635. The fourth-order valence-electron chi connectivity index (χ4n) is 3.16. The van der Waals surface area contributed by atoms with Crippen LogP contribution in [0.5, 0.6) is 5.75 Å². The van der Waals surface area contributed by atoms with Gasteiger partial charge in [0.25, 0.3) is 5.91 Å². The molecule has 1 amide bonds. The second-order valence-electron chi connectivity index (χ2n) is 7.04. The molecule has 0 saturated heterocycles. The molecule has 3 rings (SSSR count). The average Bonchev–Trinajstić information content (AvgIpc) is 2.72. The highest BCUT2D eigenvalue weighted by Crippen LogP contribution is 2.24. The lowest BCUT2D eigenvalue weighted by Gasteiger charge is -2.24. The van der Waals surface area contributed by atoms with E-state index in [2.05, 4.69) is 36.5 Å². The standard InChI is InChI=1S/C25H27NO2/c1-4-22(28-23-13-9-8-10-19(23)3)25(27)26-24(20-11-6-5-7-12-20)21-16-14-18(2)15-17-21/h5-17,22,24H,4H2,1-3H3,(H,26,27). The van der Waals surface area contributed by atoms with Crippen molar-refractivity contribution in [2.24, 2.45) is 0 Å². The Morgan fingerprint density at radius 2 is 1.46 bits per heavy atom. The zero-order valence-electron chi connectivity index (χ0n) is 16.7. The summed E-state index contributed by atoms with van der Waals surface area (Å²) in [7, 11) is 0. The Kier molecular flexibility index (Phi) is 6.49. The lowest BCUT2D eigenvalue weighted by atomic mass is 9.97. The van der Waals surface area contributed by atoms with E-state index >= 15 is 0 Å². The molecular formula is C25H27NO2. The second-order valence-corrected chi connectivity index (χ2v) is 7.04. The minimum Gasteiger partial charge on any atom is -0.480 e. The maximum atomic E-state index is 13.1. The van der Waals surface area contributed by atoms with Crippen LogP contribution < -0.4 is 10.1 Å². The molecule has 0 aliphatic rings. The third kappa shape index (κ3) is 4.80. The fraction of sp³-hybridized carbons (Fsp3) is 0.240. The Labute approximate surface area is 167 Å². The number of ether oxygens (including phenoxy) is 1. The number of para-hydroxylation sites is 1. The van der Waals surface area contributed by atoms with Crippen LogP contribution in [0.3, 0.4) is 0 Å². The largest absolute Gasteiger partial charge is 0.480 e.